The van der Waals surface area contributed by atoms with Gasteiger partial charge < -0.3 is 9.47 Å². The zero-order chi connectivity index (χ0) is 14.8. The topological polar surface area (TPSA) is 47.9 Å². The Labute approximate surface area is 130 Å². The van der Waals surface area contributed by atoms with Crippen molar-refractivity contribution in [1.82, 2.24) is 0 Å². The van der Waals surface area contributed by atoms with Crippen LogP contribution in [0.15, 0.2) is 46.4 Å². The smallest absolute Gasteiger partial charge is 0.363 e. The predicted molar refractivity (Wildman–Crippen MR) is 82.9 cm³/mol. The molecule has 106 valence electrons. The van der Waals surface area contributed by atoms with Crippen molar-refractivity contribution in [1.29, 1.82) is 0 Å². The molecular formula is C15H10ClNO3S. The number of benzene rings is 1. The van der Waals surface area contributed by atoms with Crippen LogP contribution in [-0.4, -0.2) is 19.0 Å². The first-order valence-electron chi connectivity index (χ1n) is 6.07. The van der Waals surface area contributed by atoms with Crippen LogP contribution in [0, 0.1) is 0 Å². The number of nitrogens with zero attached hydrogens (tertiary/aromatic N) is 1. The van der Waals surface area contributed by atoms with E-state index in [1.54, 1.807) is 24.3 Å². The molecule has 0 bridgehead atoms. The molecule has 21 heavy (non-hydrogen) atoms. The first-order valence-corrected chi connectivity index (χ1v) is 7.33. The monoisotopic (exact) mass is 319 g/mol. The molecule has 0 saturated heterocycles. The van der Waals surface area contributed by atoms with Gasteiger partial charge in [0.05, 0.1) is 12.7 Å². The summed E-state index contributed by atoms with van der Waals surface area (Å²) in [6.45, 7) is 0. The Morgan fingerprint density at radius 3 is 2.95 bits per heavy atom. The SMILES string of the molecule is COc1ccc(Cl)cc1C1=NC(=Cc2cccs2)C(=O)O1. The number of ether oxygens (including phenoxy) is 2. The molecule has 0 fully saturated rings. The van der Waals surface area contributed by atoms with E-state index in [9.17, 15) is 4.79 Å². The van der Waals surface area contributed by atoms with Crippen LogP contribution in [0.3, 0.4) is 0 Å². The van der Waals surface area contributed by atoms with Crippen LogP contribution in [0.5, 0.6) is 5.75 Å². The van der Waals surface area contributed by atoms with Crippen molar-refractivity contribution in [2.45, 2.75) is 0 Å². The van der Waals surface area contributed by atoms with E-state index in [1.165, 1.54) is 18.4 Å². The minimum Gasteiger partial charge on any atom is -0.496 e. The molecule has 0 amide bonds. The van der Waals surface area contributed by atoms with Gasteiger partial charge in [0.15, 0.2) is 5.70 Å². The van der Waals surface area contributed by atoms with Crippen molar-refractivity contribution in [3.8, 4) is 5.75 Å². The summed E-state index contributed by atoms with van der Waals surface area (Å²) in [5.41, 5.74) is 0.808. The lowest BCUT2D eigenvalue weighted by molar-refractivity contribution is -0.129. The summed E-state index contributed by atoms with van der Waals surface area (Å²) in [5.74, 6) is 0.255. The van der Waals surface area contributed by atoms with Crippen LogP contribution >= 0.6 is 22.9 Å². The molecule has 0 N–H and O–H groups in total. The number of thiophene rings is 1. The zero-order valence-electron chi connectivity index (χ0n) is 11.0. The summed E-state index contributed by atoms with van der Waals surface area (Å²) >= 11 is 7.50. The van der Waals surface area contributed by atoms with Gasteiger partial charge >= 0.3 is 5.97 Å². The maximum Gasteiger partial charge on any atom is 0.363 e. The van der Waals surface area contributed by atoms with Crippen molar-refractivity contribution in [3.63, 3.8) is 0 Å². The molecule has 1 aliphatic heterocycles. The van der Waals surface area contributed by atoms with E-state index in [0.29, 0.717) is 16.3 Å². The van der Waals surface area contributed by atoms with Crippen LogP contribution in [0.25, 0.3) is 6.08 Å². The summed E-state index contributed by atoms with van der Waals surface area (Å²) < 4.78 is 10.5. The maximum absolute atomic E-state index is 11.9. The third kappa shape index (κ3) is 2.84. The van der Waals surface area contributed by atoms with Crippen molar-refractivity contribution >= 4 is 40.9 Å². The first kappa shape index (κ1) is 13.9. The highest BCUT2D eigenvalue weighted by Gasteiger charge is 2.26. The molecule has 0 radical (unpaired) electrons. The lowest BCUT2D eigenvalue weighted by atomic mass is 10.2. The molecule has 4 nitrogen and oxygen atoms in total. The average Bonchev–Trinajstić information content (AvgIpc) is 3.10. The van der Waals surface area contributed by atoms with Gasteiger partial charge in [-0.1, -0.05) is 17.7 Å². The molecule has 0 aliphatic carbocycles. The summed E-state index contributed by atoms with van der Waals surface area (Å²) in [6.07, 6.45) is 1.69. The van der Waals surface area contributed by atoms with Gasteiger partial charge in [-0.05, 0) is 35.7 Å². The van der Waals surface area contributed by atoms with Gasteiger partial charge in [0, 0.05) is 9.90 Å². The second-order valence-electron chi connectivity index (χ2n) is 4.20. The molecule has 2 heterocycles. The molecule has 1 aromatic heterocycles. The molecule has 0 spiro atoms. The predicted octanol–water partition coefficient (Wildman–Crippen LogP) is 3.75. The third-order valence-corrected chi connectivity index (χ3v) is 3.89. The number of carbonyl (C=O) groups is 1. The van der Waals surface area contributed by atoms with E-state index in [-0.39, 0.29) is 11.6 Å². The molecular weight excluding hydrogens is 310 g/mol. The normalized spacial score (nSPS) is 16.0. The van der Waals surface area contributed by atoms with E-state index < -0.39 is 5.97 Å². The van der Waals surface area contributed by atoms with Gasteiger partial charge in [0.2, 0.25) is 5.90 Å². The Bertz CT molecular complexity index is 750. The zero-order valence-corrected chi connectivity index (χ0v) is 12.6. The Kier molecular flexibility index (Phi) is 3.77. The Balaban J connectivity index is 2.01. The summed E-state index contributed by atoms with van der Waals surface area (Å²) in [6, 6.07) is 8.86. The first-order chi connectivity index (χ1) is 10.2. The second-order valence-corrected chi connectivity index (χ2v) is 5.61. The summed E-state index contributed by atoms with van der Waals surface area (Å²) in [7, 11) is 1.53. The van der Waals surface area contributed by atoms with Gasteiger partial charge in [-0.2, -0.15) is 0 Å². The molecule has 0 atom stereocenters. The fraction of sp³-hybridized carbons (Fsp3) is 0.0667. The van der Waals surface area contributed by atoms with Gasteiger partial charge in [0.25, 0.3) is 0 Å². The molecule has 0 unspecified atom stereocenters. The lowest BCUT2D eigenvalue weighted by Gasteiger charge is -2.07. The molecule has 0 saturated carbocycles. The highest BCUT2D eigenvalue weighted by Crippen LogP contribution is 2.28. The molecule has 6 heteroatoms. The number of carbonyl (C=O) groups excluding carboxylic acids is 1. The molecule has 1 aromatic carbocycles. The van der Waals surface area contributed by atoms with Gasteiger partial charge in [0.1, 0.15) is 5.75 Å². The number of methoxy groups -OCH3 is 1. The maximum atomic E-state index is 11.9. The minimum absolute atomic E-state index is 0.196. The number of cyclic esters (lactones) is 1. The second kappa shape index (κ2) is 5.71. The molecule has 3 rings (SSSR count). The van der Waals surface area contributed by atoms with Gasteiger partial charge in [-0.25, -0.2) is 9.79 Å². The Morgan fingerprint density at radius 1 is 1.38 bits per heavy atom. The van der Waals surface area contributed by atoms with E-state index >= 15 is 0 Å². The number of halogens is 1. The minimum atomic E-state index is -0.486. The average molecular weight is 320 g/mol. The third-order valence-electron chi connectivity index (χ3n) is 2.83. The van der Waals surface area contributed by atoms with Crippen molar-refractivity contribution in [2.75, 3.05) is 7.11 Å². The fourth-order valence-corrected chi connectivity index (χ4v) is 2.70. The number of aliphatic imine (C=N–C) groups is 1. The number of rotatable bonds is 3. The standard InChI is InChI=1S/C15H10ClNO3S/c1-19-13-5-4-9(16)7-11(13)14-17-12(15(18)20-14)8-10-3-2-6-21-10/h2-8H,1H3. The Morgan fingerprint density at radius 2 is 2.24 bits per heavy atom. The summed E-state index contributed by atoms with van der Waals surface area (Å²) in [5, 5.41) is 2.44. The van der Waals surface area contributed by atoms with Crippen molar-refractivity contribution in [3.05, 3.63) is 56.9 Å². The van der Waals surface area contributed by atoms with Gasteiger partial charge in [-0.3, -0.25) is 0 Å². The Hall–Kier alpha value is -2.11. The van der Waals surface area contributed by atoms with Crippen LogP contribution in [-0.2, 0) is 9.53 Å². The highest BCUT2D eigenvalue weighted by atomic mass is 35.5. The van der Waals surface area contributed by atoms with Crippen molar-refractivity contribution in [2.24, 2.45) is 4.99 Å². The number of hydrogen-bond donors (Lipinski definition) is 0. The summed E-state index contributed by atoms with van der Waals surface area (Å²) in [4.78, 5) is 17.1. The van der Waals surface area contributed by atoms with Crippen LogP contribution in [0.2, 0.25) is 5.02 Å². The highest BCUT2D eigenvalue weighted by molar-refractivity contribution is 7.10. The lowest BCUT2D eigenvalue weighted by Crippen LogP contribution is -2.07. The fourth-order valence-electron chi connectivity index (χ4n) is 1.88. The number of hydrogen-bond acceptors (Lipinski definition) is 5. The van der Waals surface area contributed by atoms with E-state index in [0.717, 1.165) is 4.88 Å². The molecule has 2 aromatic rings. The number of esters is 1. The van der Waals surface area contributed by atoms with Gasteiger partial charge in [-0.15, -0.1) is 11.3 Å². The largest absolute Gasteiger partial charge is 0.496 e. The van der Waals surface area contributed by atoms with E-state index in [2.05, 4.69) is 4.99 Å². The molecule has 1 aliphatic rings. The van der Waals surface area contributed by atoms with Crippen LogP contribution in [0.1, 0.15) is 10.4 Å². The van der Waals surface area contributed by atoms with E-state index in [4.69, 9.17) is 21.1 Å². The van der Waals surface area contributed by atoms with Crippen LogP contribution in [0.4, 0.5) is 0 Å². The van der Waals surface area contributed by atoms with E-state index in [1.807, 2.05) is 17.5 Å². The van der Waals surface area contributed by atoms with Crippen molar-refractivity contribution < 1.29 is 14.3 Å². The quantitative estimate of drug-likeness (QED) is 0.639. The van der Waals surface area contributed by atoms with Crippen LogP contribution < -0.4 is 4.74 Å².